The van der Waals surface area contributed by atoms with Gasteiger partial charge in [0.05, 0.1) is 11.3 Å². The molecule has 0 saturated heterocycles. The second kappa shape index (κ2) is 9.33. The van der Waals surface area contributed by atoms with E-state index < -0.39 is 11.9 Å². The lowest BCUT2D eigenvalue weighted by Crippen LogP contribution is -2.18. The van der Waals surface area contributed by atoms with Crippen molar-refractivity contribution in [3.63, 3.8) is 0 Å². The SMILES string of the molecule is CCc1cccc(CC)c1NC(=O)c1ccccc1NC(=O)/C=C\C(=O)O. The molecule has 27 heavy (non-hydrogen) atoms. The van der Waals surface area contributed by atoms with Gasteiger partial charge in [0, 0.05) is 17.8 Å². The van der Waals surface area contributed by atoms with Crippen molar-refractivity contribution in [1.29, 1.82) is 0 Å². The fourth-order valence-electron chi connectivity index (χ4n) is 2.70. The number of amides is 2. The Balaban J connectivity index is 2.28. The van der Waals surface area contributed by atoms with Crippen LogP contribution < -0.4 is 10.6 Å². The standard InChI is InChI=1S/C21H22N2O4/c1-3-14-8-7-9-15(4-2)20(14)23-21(27)16-10-5-6-11-17(16)22-18(24)12-13-19(25)26/h5-13H,3-4H2,1-2H3,(H,22,24)(H,23,27)(H,25,26)/b13-12-. The van der Waals surface area contributed by atoms with Crippen LogP contribution in [0.15, 0.2) is 54.6 Å². The number of para-hydroxylation sites is 2. The lowest BCUT2D eigenvalue weighted by molar-refractivity contribution is -0.131. The van der Waals surface area contributed by atoms with E-state index in [1.165, 1.54) is 0 Å². The highest BCUT2D eigenvalue weighted by atomic mass is 16.4. The molecule has 0 aliphatic carbocycles. The number of aryl methyl sites for hydroxylation is 2. The lowest BCUT2D eigenvalue weighted by atomic mass is 10.0. The minimum absolute atomic E-state index is 0.294. The molecule has 0 atom stereocenters. The van der Waals surface area contributed by atoms with Gasteiger partial charge in [-0.1, -0.05) is 44.2 Å². The van der Waals surface area contributed by atoms with Crippen LogP contribution in [0.3, 0.4) is 0 Å². The maximum Gasteiger partial charge on any atom is 0.328 e. The van der Waals surface area contributed by atoms with Crippen LogP contribution in [-0.4, -0.2) is 22.9 Å². The smallest absolute Gasteiger partial charge is 0.328 e. The minimum Gasteiger partial charge on any atom is -0.478 e. The zero-order valence-corrected chi connectivity index (χ0v) is 15.3. The normalized spacial score (nSPS) is 10.6. The summed E-state index contributed by atoms with van der Waals surface area (Å²) in [5.74, 6) is -2.19. The van der Waals surface area contributed by atoms with Crippen molar-refractivity contribution in [2.75, 3.05) is 10.6 Å². The van der Waals surface area contributed by atoms with Crippen LogP contribution in [0.5, 0.6) is 0 Å². The summed E-state index contributed by atoms with van der Waals surface area (Å²) in [6, 6.07) is 12.5. The summed E-state index contributed by atoms with van der Waals surface area (Å²) in [5, 5.41) is 14.1. The number of carboxylic acid groups (broad SMARTS) is 1. The maximum absolute atomic E-state index is 12.8. The molecular weight excluding hydrogens is 344 g/mol. The third-order valence-electron chi connectivity index (χ3n) is 4.04. The van der Waals surface area contributed by atoms with Gasteiger partial charge in [-0.05, 0) is 36.1 Å². The summed E-state index contributed by atoms with van der Waals surface area (Å²) < 4.78 is 0. The summed E-state index contributed by atoms with van der Waals surface area (Å²) in [6.45, 7) is 4.04. The Morgan fingerprint density at radius 2 is 1.52 bits per heavy atom. The minimum atomic E-state index is -1.22. The molecular formula is C21H22N2O4. The molecule has 0 aromatic heterocycles. The molecule has 2 amide bonds. The lowest BCUT2D eigenvalue weighted by Gasteiger charge is -2.16. The molecule has 0 radical (unpaired) electrons. The van der Waals surface area contributed by atoms with E-state index in [1.807, 2.05) is 32.0 Å². The van der Waals surface area contributed by atoms with E-state index in [0.29, 0.717) is 11.3 Å². The van der Waals surface area contributed by atoms with E-state index in [1.54, 1.807) is 24.3 Å². The van der Waals surface area contributed by atoms with Crippen LogP contribution in [0.1, 0.15) is 35.3 Å². The summed E-state index contributed by atoms with van der Waals surface area (Å²) in [6.07, 6.45) is 3.20. The van der Waals surface area contributed by atoms with Crippen molar-refractivity contribution in [2.24, 2.45) is 0 Å². The average molecular weight is 366 g/mol. The molecule has 2 rings (SSSR count). The fraction of sp³-hybridized carbons (Fsp3) is 0.190. The number of carbonyl (C=O) groups is 3. The molecule has 140 valence electrons. The third kappa shape index (κ3) is 5.28. The topological polar surface area (TPSA) is 95.5 Å². The number of rotatable bonds is 7. The predicted octanol–water partition coefficient (Wildman–Crippen LogP) is 3.64. The van der Waals surface area contributed by atoms with Gasteiger partial charge in [-0.2, -0.15) is 0 Å². The van der Waals surface area contributed by atoms with Gasteiger partial charge in [-0.3, -0.25) is 9.59 Å². The first-order valence-electron chi connectivity index (χ1n) is 8.69. The number of aliphatic carboxylic acids is 1. The third-order valence-corrected chi connectivity index (χ3v) is 4.04. The number of hydrogen-bond donors (Lipinski definition) is 3. The molecule has 6 nitrogen and oxygen atoms in total. The van der Waals surface area contributed by atoms with Gasteiger partial charge in [-0.15, -0.1) is 0 Å². The molecule has 3 N–H and O–H groups in total. The van der Waals surface area contributed by atoms with Gasteiger partial charge >= 0.3 is 5.97 Å². The Hall–Kier alpha value is -3.41. The second-order valence-electron chi connectivity index (χ2n) is 5.82. The largest absolute Gasteiger partial charge is 0.478 e. The van der Waals surface area contributed by atoms with Crippen molar-refractivity contribution in [1.82, 2.24) is 0 Å². The molecule has 0 spiro atoms. The summed E-state index contributed by atoms with van der Waals surface area (Å²) in [7, 11) is 0. The average Bonchev–Trinajstić information content (AvgIpc) is 2.66. The maximum atomic E-state index is 12.8. The Morgan fingerprint density at radius 1 is 0.889 bits per heavy atom. The van der Waals surface area contributed by atoms with Gasteiger partial charge < -0.3 is 15.7 Å². The molecule has 0 heterocycles. The van der Waals surface area contributed by atoms with E-state index in [-0.39, 0.29) is 5.91 Å². The van der Waals surface area contributed by atoms with Crippen molar-refractivity contribution < 1.29 is 19.5 Å². The summed E-state index contributed by atoms with van der Waals surface area (Å²) in [5.41, 5.74) is 3.46. The molecule has 0 aliphatic heterocycles. The van der Waals surface area contributed by atoms with Crippen LogP contribution in [0.2, 0.25) is 0 Å². The number of carbonyl (C=O) groups excluding carboxylic acids is 2. The Morgan fingerprint density at radius 3 is 2.11 bits per heavy atom. The fourth-order valence-corrected chi connectivity index (χ4v) is 2.70. The summed E-state index contributed by atoms with van der Waals surface area (Å²) in [4.78, 5) is 35.2. The van der Waals surface area contributed by atoms with E-state index in [9.17, 15) is 14.4 Å². The molecule has 2 aromatic carbocycles. The van der Waals surface area contributed by atoms with Gasteiger partial charge in [-0.25, -0.2) is 4.79 Å². The first kappa shape index (κ1) is 19.9. The van der Waals surface area contributed by atoms with Crippen molar-refractivity contribution in [3.8, 4) is 0 Å². The van der Waals surface area contributed by atoms with Crippen LogP contribution in [-0.2, 0) is 22.4 Å². The van der Waals surface area contributed by atoms with E-state index in [4.69, 9.17) is 5.11 Å². The molecule has 0 bridgehead atoms. The molecule has 0 fully saturated rings. The number of hydrogen-bond acceptors (Lipinski definition) is 3. The second-order valence-corrected chi connectivity index (χ2v) is 5.82. The zero-order valence-electron chi connectivity index (χ0n) is 15.3. The Labute approximate surface area is 157 Å². The highest BCUT2D eigenvalue weighted by Gasteiger charge is 2.15. The van der Waals surface area contributed by atoms with Crippen molar-refractivity contribution in [2.45, 2.75) is 26.7 Å². The Kier molecular flexibility index (Phi) is 6.88. The first-order valence-corrected chi connectivity index (χ1v) is 8.69. The molecule has 0 unspecified atom stereocenters. The predicted molar refractivity (Wildman–Crippen MR) is 105 cm³/mol. The molecule has 6 heteroatoms. The molecule has 0 aliphatic rings. The first-order chi connectivity index (χ1) is 13.0. The van der Waals surface area contributed by atoms with Gasteiger partial charge in [0.25, 0.3) is 5.91 Å². The number of nitrogens with one attached hydrogen (secondary N) is 2. The van der Waals surface area contributed by atoms with Crippen LogP contribution in [0, 0.1) is 0 Å². The van der Waals surface area contributed by atoms with Crippen LogP contribution in [0.4, 0.5) is 11.4 Å². The van der Waals surface area contributed by atoms with E-state index >= 15 is 0 Å². The summed E-state index contributed by atoms with van der Waals surface area (Å²) >= 11 is 0. The highest BCUT2D eigenvalue weighted by molar-refractivity contribution is 6.12. The zero-order chi connectivity index (χ0) is 19.8. The van der Waals surface area contributed by atoms with E-state index in [0.717, 1.165) is 41.8 Å². The van der Waals surface area contributed by atoms with E-state index in [2.05, 4.69) is 10.6 Å². The van der Waals surface area contributed by atoms with Gasteiger partial charge in [0.1, 0.15) is 0 Å². The van der Waals surface area contributed by atoms with Gasteiger partial charge in [0.15, 0.2) is 0 Å². The van der Waals surface area contributed by atoms with Crippen LogP contribution >= 0.6 is 0 Å². The monoisotopic (exact) mass is 366 g/mol. The number of benzene rings is 2. The molecule has 2 aromatic rings. The van der Waals surface area contributed by atoms with Crippen LogP contribution in [0.25, 0.3) is 0 Å². The Bertz CT molecular complexity index is 865. The van der Waals surface area contributed by atoms with Crippen molar-refractivity contribution >= 4 is 29.2 Å². The highest BCUT2D eigenvalue weighted by Crippen LogP contribution is 2.24. The van der Waals surface area contributed by atoms with Crippen molar-refractivity contribution in [3.05, 3.63) is 71.3 Å². The number of carboxylic acids is 1. The quantitative estimate of drug-likeness (QED) is 0.652. The van der Waals surface area contributed by atoms with Gasteiger partial charge in [0.2, 0.25) is 5.91 Å². The molecule has 0 saturated carbocycles. The number of anilines is 2.